The molecule has 0 aliphatic carbocycles. The molecule has 4 aromatic rings. The summed E-state index contributed by atoms with van der Waals surface area (Å²) in [5, 5.41) is 6.35. The predicted molar refractivity (Wildman–Crippen MR) is 110 cm³/mol. The summed E-state index contributed by atoms with van der Waals surface area (Å²) < 4.78 is 1.00. The van der Waals surface area contributed by atoms with Crippen molar-refractivity contribution in [1.29, 1.82) is 0 Å². The van der Waals surface area contributed by atoms with Crippen LogP contribution in [-0.4, -0.2) is 27.9 Å². The van der Waals surface area contributed by atoms with Crippen LogP contribution in [0.25, 0.3) is 20.8 Å². The minimum Gasteiger partial charge on any atom is -0.357 e. The Kier molecular flexibility index (Phi) is 4.80. The van der Waals surface area contributed by atoms with Gasteiger partial charge in [0, 0.05) is 19.8 Å². The number of aromatic nitrogens is 3. The van der Waals surface area contributed by atoms with Crippen LogP contribution in [0.1, 0.15) is 15.2 Å². The number of hydrogen-bond donors (Lipinski definition) is 3. The minimum atomic E-state index is -0.188. The van der Waals surface area contributed by atoms with E-state index in [1.165, 1.54) is 22.7 Å². The van der Waals surface area contributed by atoms with Crippen LogP contribution < -0.4 is 16.4 Å². The van der Waals surface area contributed by atoms with Gasteiger partial charge in [-0.1, -0.05) is 17.4 Å². The van der Waals surface area contributed by atoms with Gasteiger partial charge in [-0.3, -0.25) is 10.1 Å². The number of thiazole rings is 1. The van der Waals surface area contributed by atoms with Gasteiger partial charge in [0.15, 0.2) is 5.13 Å². The maximum absolute atomic E-state index is 12.6. The highest BCUT2D eigenvalue weighted by atomic mass is 32.1. The number of nitrogens with two attached hydrogens (primary N) is 1. The first kappa shape index (κ1) is 17.5. The third-order valence-electron chi connectivity index (χ3n) is 3.87. The zero-order valence-electron chi connectivity index (χ0n) is 14.4. The molecule has 1 amide bonds. The summed E-state index contributed by atoms with van der Waals surface area (Å²) in [4.78, 5) is 27.0. The Labute approximate surface area is 163 Å². The molecule has 0 bridgehead atoms. The van der Waals surface area contributed by atoms with Crippen LogP contribution in [0.5, 0.6) is 0 Å². The second kappa shape index (κ2) is 7.39. The largest absolute Gasteiger partial charge is 0.357 e. The molecule has 0 spiro atoms. The van der Waals surface area contributed by atoms with Gasteiger partial charge in [0.05, 0.1) is 25.7 Å². The lowest BCUT2D eigenvalue weighted by Gasteiger charge is -2.00. The molecular formula is C18H16N6OS2. The molecular weight excluding hydrogens is 380 g/mol. The first-order valence-electron chi connectivity index (χ1n) is 8.18. The molecule has 0 aliphatic heterocycles. The fourth-order valence-corrected chi connectivity index (χ4v) is 4.32. The highest BCUT2D eigenvalue weighted by Gasteiger charge is 2.14. The number of carbonyl (C=O) groups is 1. The predicted octanol–water partition coefficient (Wildman–Crippen LogP) is 3.57. The number of nitrogens with zero attached hydrogens (tertiary/aromatic N) is 3. The summed E-state index contributed by atoms with van der Waals surface area (Å²) >= 11 is 2.81. The van der Waals surface area contributed by atoms with Gasteiger partial charge in [-0.05, 0) is 35.9 Å². The molecule has 0 aliphatic rings. The molecule has 136 valence electrons. The molecule has 3 aromatic heterocycles. The number of fused-ring (bicyclic) bond motifs is 1. The molecule has 4 rings (SSSR count). The fourth-order valence-electron chi connectivity index (χ4n) is 2.52. The van der Waals surface area contributed by atoms with Crippen LogP contribution in [0.3, 0.4) is 0 Å². The molecule has 9 heteroatoms. The molecule has 4 N–H and O–H groups in total. The number of benzene rings is 1. The smallest absolute Gasteiger partial charge is 0.267 e. The van der Waals surface area contributed by atoms with Crippen molar-refractivity contribution in [3.8, 4) is 10.6 Å². The summed E-state index contributed by atoms with van der Waals surface area (Å²) in [5.74, 6) is 0.352. The highest BCUT2D eigenvalue weighted by Crippen LogP contribution is 2.30. The highest BCUT2D eigenvalue weighted by molar-refractivity contribution is 7.22. The van der Waals surface area contributed by atoms with E-state index in [2.05, 4.69) is 25.6 Å². The molecule has 0 atom stereocenters. The van der Waals surface area contributed by atoms with Crippen molar-refractivity contribution < 1.29 is 4.79 Å². The molecule has 0 saturated heterocycles. The van der Waals surface area contributed by atoms with Gasteiger partial charge in [0.25, 0.3) is 5.91 Å². The number of rotatable bonds is 5. The van der Waals surface area contributed by atoms with Crippen LogP contribution in [-0.2, 0) is 6.54 Å². The molecule has 7 nitrogen and oxygen atoms in total. The van der Waals surface area contributed by atoms with Gasteiger partial charge < -0.3 is 11.1 Å². The van der Waals surface area contributed by atoms with Gasteiger partial charge >= 0.3 is 0 Å². The van der Waals surface area contributed by atoms with E-state index in [4.69, 9.17) is 5.73 Å². The van der Waals surface area contributed by atoms with E-state index in [0.29, 0.717) is 22.5 Å². The van der Waals surface area contributed by atoms with Gasteiger partial charge in [0.1, 0.15) is 0 Å². The van der Waals surface area contributed by atoms with Gasteiger partial charge in [-0.15, -0.1) is 11.3 Å². The Morgan fingerprint density at radius 1 is 1.15 bits per heavy atom. The zero-order chi connectivity index (χ0) is 18.8. The van der Waals surface area contributed by atoms with Gasteiger partial charge in [0.2, 0.25) is 5.95 Å². The quantitative estimate of drug-likeness (QED) is 0.476. The SMILES string of the molecule is CNc1nccc(-c2ccc(C(=O)Nc3nc4ccc(CN)cc4s3)s2)n1. The molecule has 0 radical (unpaired) electrons. The summed E-state index contributed by atoms with van der Waals surface area (Å²) in [6.07, 6.45) is 1.68. The Hall–Kier alpha value is -2.88. The van der Waals surface area contributed by atoms with Crippen molar-refractivity contribution >= 4 is 49.9 Å². The van der Waals surface area contributed by atoms with E-state index in [1.807, 2.05) is 30.3 Å². The van der Waals surface area contributed by atoms with Crippen LogP contribution in [0.15, 0.2) is 42.6 Å². The number of carbonyl (C=O) groups excluding carboxylic acids is 1. The van der Waals surface area contributed by atoms with E-state index < -0.39 is 0 Å². The monoisotopic (exact) mass is 396 g/mol. The average Bonchev–Trinajstić information content (AvgIpc) is 3.34. The van der Waals surface area contributed by atoms with Crippen molar-refractivity contribution in [2.75, 3.05) is 17.7 Å². The van der Waals surface area contributed by atoms with E-state index >= 15 is 0 Å². The second-order valence-corrected chi connectivity index (χ2v) is 7.77. The summed E-state index contributed by atoms with van der Waals surface area (Å²) in [6, 6.07) is 11.3. The number of nitrogens with one attached hydrogen (secondary N) is 2. The van der Waals surface area contributed by atoms with Crippen LogP contribution in [0.4, 0.5) is 11.1 Å². The van der Waals surface area contributed by atoms with Crippen molar-refractivity contribution in [2.24, 2.45) is 5.73 Å². The van der Waals surface area contributed by atoms with E-state index in [9.17, 15) is 4.79 Å². The van der Waals surface area contributed by atoms with Crippen molar-refractivity contribution in [2.45, 2.75) is 6.54 Å². The fraction of sp³-hybridized carbons (Fsp3) is 0.111. The van der Waals surface area contributed by atoms with E-state index in [0.717, 1.165) is 26.4 Å². The molecule has 0 unspecified atom stereocenters. The molecule has 0 fully saturated rings. The summed E-state index contributed by atoms with van der Waals surface area (Å²) in [5.41, 5.74) is 8.33. The number of amides is 1. The number of anilines is 2. The molecule has 1 aromatic carbocycles. The zero-order valence-corrected chi connectivity index (χ0v) is 16.0. The third kappa shape index (κ3) is 3.65. The summed E-state index contributed by atoms with van der Waals surface area (Å²) in [7, 11) is 1.76. The Bertz CT molecular complexity index is 1120. The van der Waals surface area contributed by atoms with Crippen LogP contribution >= 0.6 is 22.7 Å². The topological polar surface area (TPSA) is 106 Å². The first-order valence-corrected chi connectivity index (χ1v) is 9.81. The lowest BCUT2D eigenvalue weighted by Crippen LogP contribution is -2.09. The standard InChI is InChI=1S/C18H16N6OS2/c1-20-17-21-7-6-12(22-17)13-4-5-14(26-13)16(25)24-18-23-11-3-2-10(9-19)8-15(11)27-18/h2-8H,9,19H2,1H3,(H,20,21,22)(H,23,24,25). The molecule has 3 heterocycles. The van der Waals surface area contributed by atoms with E-state index in [-0.39, 0.29) is 5.91 Å². The van der Waals surface area contributed by atoms with Gasteiger partial charge in [-0.2, -0.15) is 0 Å². The maximum atomic E-state index is 12.6. The van der Waals surface area contributed by atoms with Crippen molar-refractivity contribution in [1.82, 2.24) is 15.0 Å². The number of hydrogen-bond acceptors (Lipinski definition) is 8. The third-order valence-corrected chi connectivity index (χ3v) is 5.91. The normalized spacial score (nSPS) is 10.9. The van der Waals surface area contributed by atoms with Crippen molar-refractivity contribution in [3.05, 3.63) is 53.0 Å². The Morgan fingerprint density at radius 3 is 2.85 bits per heavy atom. The van der Waals surface area contributed by atoms with Crippen LogP contribution in [0, 0.1) is 0 Å². The number of thiophene rings is 1. The van der Waals surface area contributed by atoms with Crippen LogP contribution in [0.2, 0.25) is 0 Å². The first-order chi connectivity index (χ1) is 13.2. The van der Waals surface area contributed by atoms with Crippen molar-refractivity contribution in [3.63, 3.8) is 0 Å². The molecule has 27 heavy (non-hydrogen) atoms. The lowest BCUT2D eigenvalue weighted by atomic mass is 10.2. The second-order valence-electron chi connectivity index (χ2n) is 5.66. The average molecular weight is 397 g/mol. The Balaban J connectivity index is 1.54. The molecule has 0 saturated carbocycles. The minimum absolute atomic E-state index is 0.188. The summed E-state index contributed by atoms with van der Waals surface area (Å²) in [6.45, 7) is 0.478. The van der Waals surface area contributed by atoms with E-state index in [1.54, 1.807) is 19.3 Å². The lowest BCUT2D eigenvalue weighted by molar-refractivity contribution is 0.103. The maximum Gasteiger partial charge on any atom is 0.267 e. The van der Waals surface area contributed by atoms with Gasteiger partial charge in [-0.25, -0.2) is 15.0 Å². The Morgan fingerprint density at radius 2 is 2.04 bits per heavy atom.